The van der Waals surface area contributed by atoms with Gasteiger partial charge in [0.15, 0.2) is 0 Å². The van der Waals surface area contributed by atoms with Crippen LogP contribution in [-0.4, -0.2) is 21.2 Å². The Hall–Kier alpha value is -1.36. The molecule has 0 aliphatic carbocycles. The number of hydrogen-bond acceptors (Lipinski definition) is 2. The van der Waals surface area contributed by atoms with E-state index in [0.29, 0.717) is 6.42 Å². The molecule has 0 unspecified atom stereocenters. The number of aromatic amines is 1. The number of carbonyl (C=O) groups is 1. The maximum absolute atomic E-state index is 11.8. The fourth-order valence-electron chi connectivity index (χ4n) is 2.05. The number of imidazole rings is 1. The van der Waals surface area contributed by atoms with Crippen LogP contribution in [0.5, 0.6) is 0 Å². The summed E-state index contributed by atoms with van der Waals surface area (Å²) in [5.74, 6) is 1.02. The van der Waals surface area contributed by atoms with Gasteiger partial charge in [-0.15, -0.1) is 0 Å². The molecule has 21 heavy (non-hydrogen) atoms. The summed E-state index contributed by atoms with van der Waals surface area (Å²) in [7, 11) is 0. The second kappa shape index (κ2) is 6.60. The number of amides is 1. The fraction of sp³-hybridized carbons (Fsp3) is 0.500. The van der Waals surface area contributed by atoms with E-state index in [-0.39, 0.29) is 11.3 Å². The first-order chi connectivity index (χ1) is 9.90. The normalized spacial score (nSPS) is 11.8. The maximum atomic E-state index is 11.8. The van der Waals surface area contributed by atoms with Gasteiger partial charge < -0.3 is 10.3 Å². The Kier molecular flexibility index (Phi) is 5.04. The van der Waals surface area contributed by atoms with Crippen molar-refractivity contribution in [1.82, 2.24) is 9.97 Å². The van der Waals surface area contributed by atoms with Crippen molar-refractivity contribution in [3.63, 3.8) is 0 Å². The van der Waals surface area contributed by atoms with E-state index < -0.39 is 0 Å². The van der Waals surface area contributed by atoms with E-state index in [4.69, 9.17) is 0 Å². The molecule has 0 spiro atoms. The molecule has 4 nitrogen and oxygen atoms in total. The number of rotatable bonds is 5. The first kappa shape index (κ1) is 16.0. The van der Waals surface area contributed by atoms with Gasteiger partial charge >= 0.3 is 0 Å². The Morgan fingerprint density at radius 1 is 1.33 bits per heavy atom. The Morgan fingerprint density at radius 2 is 2.10 bits per heavy atom. The number of anilines is 1. The topological polar surface area (TPSA) is 57.8 Å². The number of fused-ring (bicyclic) bond motifs is 1. The summed E-state index contributed by atoms with van der Waals surface area (Å²) in [4.78, 5) is 19.8. The first-order valence-electron chi connectivity index (χ1n) is 7.26. The second-order valence-electron chi connectivity index (χ2n) is 6.26. The van der Waals surface area contributed by atoms with Crippen LogP contribution in [-0.2, 0) is 10.2 Å². The van der Waals surface area contributed by atoms with Crippen LogP contribution in [0.15, 0.2) is 18.2 Å². The predicted octanol–water partition coefficient (Wildman–Crippen LogP) is 4.36. The summed E-state index contributed by atoms with van der Waals surface area (Å²) in [5.41, 5.74) is 2.68. The summed E-state index contributed by atoms with van der Waals surface area (Å²) in [6, 6.07) is 5.78. The Bertz CT molecular complexity index is 628. The van der Waals surface area contributed by atoms with E-state index in [1.165, 1.54) is 0 Å². The van der Waals surface area contributed by atoms with Gasteiger partial charge in [0.05, 0.1) is 11.0 Å². The van der Waals surface area contributed by atoms with Crippen LogP contribution in [0.2, 0.25) is 0 Å². The number of halogens is 1. The highest BCUT2D eigenvalue weighted by molar-refractivity contribution is 9.09. The summed E-state index contributed by atoms with van der Waals surface area (Å²) in [6.45, 7) is 6.37. The molecule has 0 fully saturated rings. The lowest BCUT2D eigenvalue weighted by molar-refractivity contribution is -0.116. The van der Waals surface area contributed by atoms with E-state index in [2.05, 4.69) is 52.0 Å². The van der Waals surface area contributed by atoms with Crippen molar-refractivity contribution in [3.8, 4) is 0 Å². The van der Waals surface area contributed by atoms with Gasteiger partial charge in [0.25, 0.3) is 0 Å². The zero-order valence-corrected chi connectivity index (χ0v) is 14.4. The van der Waals surface area contributed by atoms with E-state index in [0.717, 1.165) is 40.7 Å². The van der Waals surface area contributed by atoms with Gasteiger partial charge in [0, 0.05) is 22.9 Å². The molecule has 0 saturated heterocycles. The van der Waals surface area contributed by atoms with Crippen LogP contribution in [0.4, 0.5) is 5.69 Å². The molecule has 0 aliphatic rings. The van der Waals surface area contributed by atoms with Gasteiger partial charge in [-0.25, -0.2) is 4.98 Å². The number of alkyl halides is 1. The molecule has 0 saturated carbocycles. The van der Waals surface area contributed by atoms with Crippen molar-refractivity contribution in [3.05, 3.63) is 24.0 Å². The van der Waals surface area contributed by atoms with Crippen LogP contribution in [0.3, 0.4) is 0 Å². The molecular weight excluding hydrogens is 330 g/mol. The van der Waals surface area contributed by atoms with Crippen LogP contribution in [0.1, 0.15) is 45.9 Å². The number of aromatic nitrogens is 2. The first-order valence-corrected chi connectivity index (χ1v) is 8.38. The van der Waals surface area contributed by atoms with Crippen LogP contribution in [0, 0.1) is 0 Å². The lowest BCUT2D eigenvalue weighted by Crippen LogP contribution is -2.12. The predicted molar refractivity (Wildman–Crippen MR) is 91.1 cm³/mol. The minimum Gasteiger partial charge on any atom is -0.341 e. The second-order valence-corrected chi connectivity index (χ2v) is 7.05. The van der Waals surface area contributed by atoms with Gasteiger partial charge in [0.1, 0.15) is 5.82 Å². The number of benzene rings is 1. The smallest absolute Gasteiger partial charge is 0.224 e. The molecule has 1 aromatic carbocycles. The molecule has 1 heterocycles. The summed E-state index contributed by atoms with van der Waals surface area (Å²) in [5, 5.41) is 3.88. The van der Waals surface area contributed by atoms with Crippen LogP contribution < -0.4 is 5.32 Å². The molecule has 5 heteroatoms. The van der Waals surface area contributed by atoms with Crippen molar-refractivity contribution in [2.45, 2.75) is 45.4 Å². The van der Waals surface area contributed by atoms with E-state index in [1.54, 1.807) is 0 Å². The SMILES string of the molecule is CC(C)(C)c1nc2ccc(NC(=O)CCCCBr)cc2[nH]1. The average Bonchev–Trinajstić information content (AvgIpc) is 2.82. The standard InChI is InChI=1S/C16H22BrN3O/c1-16(2,3)15-19-12-8-7-11(10-13(12)20-15)18-14(21)6-4-5-9-17/h7-8,10H,4-6,9H2,1-3H3,(H,18,21)(H,19,20). The van der Waals surface area contributed by atoms with Gasteiger partial charge in [-0.05, 0) is 31.0 Å². The molecular formula is C16H22BrN3O. The third-order valence-electron chi connectivity index (χ3n) is 3.26. The summed E-state index contributed by atoms with van der Waals surface area (Å²) < 4.78 is 0. The molecule has 1 amide bonds. The molecule has 2 N–H and O–H groups in total. The number of nitrogens with zero attached hydrogens (tertiary/aromatic N) is 1. The molecule has 0 atom stereocenters. The summed E-state index contributed by atoms with van der Waals surface area (Å²) >= 11 is 3.37. The quantitative estimate of drug-likeness (QED) is 0.620. The fourth-order valence-corrected chi connectivity index (χ4v) is 2.44. The number of unbranched alkanes of at least 4 members (excludes halogenated alkanes) is 1. The van der Waals surface area contributed by atoms with Gasteiger partial charge in [-0.1, -0.05) is 36.7 Å². The highest BCUT2D eigenvalue weighted by atomic mass is 79.9. The lowest BCUT2D eigenvalue weighted by atomic mass is 9.96. The monoisotopic (exact) mass is 351 g/mol. The zero-order chi connectivity index (χ0) is 15.5. The van der Waals surface area contributed by atoms with E-state index in [1.807, 2.05) is 18.2 Å². The Balaban J connectivity index is 2.10. The average molecular weight is 352 g/mol. The Morgan fingerprint density at radius 3 is 2.76 bits per heavy atom. The minimum atomic E-state index is -0.0158. The molecule has 0 aliphatic heterocycles. The van der Waals surface area contributed by atoms with Crippen LogP contribution in [0.25, 0.3) is 11.0 Å². The maximum Gasteiger partial charge on any atom is 0.224 e. The van der Waals surface area contributed by atoms with Gasteiger partial charge in [-0.3, -0.25) is 4.79 Å². The van der Waals surface area contributed by atoms with E-state index >= 15 is 0 Å². The lowest BCUT2D eigenvalue weighted by Gasteiger charge is -2.13. The van der Waals surface area contributed by atoms with Crippen molar-refractivity contribution in [1.29, 1.82) is 0 Å². The van der Waals surface area contributed by atoms with Crippen molar-refractivity contribution in [2.24, 2.45) is 0 Å². The number of H-pyrrole nitrogens is 1. The largest absolute Gasteiger partial charge is 0.341 e. The van der Waals surface area contributed by atoms with Crippen molar-refractivity contribution >= 4 is 38.6 Å². The van der Waals surface area contributed by atoms with Crippen molar-refractivity contribution < 1.29 is 4.79 Å². The third kappa shape index (κ3) is 4.30. The molecule has 0 bridgehead atoms. The van der Waals surface area contributed by atoms with Gasteiger partial charge in [0.2, 0.25) is 5.91 Å². The molecule has 2 rings (SSSR count). The highest BCUT2D eigenvalue weighted by Gasteiger charge is 2.18. The Labute approximate surface area is 133 Å². The molecule has 0 radical (unpaired) electrons. The van der Waals surface area contributed by atoms with Crippen molar-refractivity contribution in [2.75, 3.05) is 10.6 Å². The molecule has 114 valence electrons. The number of hydrogen-bond donors (Lipinski definition) is 2. The highest BCUT2D eigenvalue weighted by Crippen LogP contribution is 2.24. The summed E-state index contributed by atoms with van der Waals surface area (Å²) in [6.07, 6.45) is 2.47. The van der Waals surface area contributed by atoms with E-state index in [9.17, 15) is 4.79 Å². The van der Waals surface area contributed by atoms with Crippen LogP contribution >= 0.6 is 15.9 Å². The number of carbonyl (C=O) groups excluding carboxylic acids is 1. The van der Waals surface area contributed by atoms with Gasteiger partial charge in [-0.2, -0.15) is 0 Å². The molecule has 2 aromatic rings. The number of nitrogens with one attached hydrogen (secondary N) is 2. The molecule has 1 aromatic heterocycles. The minimum absolute atomic E-state index is 0.0158. The third-order valence-corrected chi connectivity index (χ3v) is 3.82. The zero-order valence-electron chi connectivity index (χ0n) is 12.8.